The number of thiazole rings is 1. The smallest absolute Gasteiger partial charge is 0.252 e. The molecule has 0 spiro atoms. The predicted octanol–water partition coefficient (Wildman–Crippen LogP) is 4.14. The van der Waals surface area contributed by atoms with Crippen molar-refractivity contribution in [3.63, 3.8) is 0 Å². The molecule has 124 valence electrons. The lowest BCUT2D eigenvalue weighted by Crippen LogP contribution is -2.14. The molecule has 3 rings (SSSR count). The van der Waals surface area contributed by atoms with Crippen LogP contribution in [0.4, 0.5) is 0 Å². The van der Waals surface area contributed by atoms with E-state index < -0.39 is 0 Å². The second-order valence-electron chi connectivity index (χ2n) is 6.47. The van der Waals surface area contributed by atoms with Crippen molar-refractivity contribution in [2.75, 3.05) is 0 Å². The quantitative estimate of drug-likeness (QED) is 0.691. The fraction of sp³-hybridized carbons (Fsp3) is 0.300. The van der Waals surface area contributed by atoms with E-state index in [0.717, 1.165) is 15.9 Å². The van der Waals surface area contributed by atoms with Crippen molar-refractivity contribution in [3.05, 3.63) is 63.0 Å². The predicted molar refractivity (Wildman–Crippen MR) is 100 cm³/mol. The summed E-state index contributed by atoms with van der Waals surface area (Å²) >= 11 is 1.57. The molecule has 24 heavy (non-hydrogen) atoms. The van der Waals surface area contributed by atoms with E-state index in [1.165, 1.54) is 27.0 Å². The van der Waals surface area contributed by atoms with Gasteiger partial charge in [0.2, 0.25) is 0 Å². The number of carbonyl (C=O) groups is 1. The maximum absolute atomic E-state index is 12.4. The highest BCUT2D eigenvalue weighted by Gasteiger charge is 2.09. The molecule has 0 aliphatic heterocycles. The largest absolute Gasteiger partial charge is 0.319 e. The number of amides is 1. The van der Waals surface area contributed by atoms with Gasteiger partial charge in [-0.1, -0.05) is 35.6 Å². The van der Waals surface area contributed by atoms with Crippen molar-refractivity contribution in [3.8, 4) is 0 Å². The van der Waals surface area contributed by atoms with E-state index in [2.05, 4.69) is 57.0 Å². The van der Waals surface area contributed by atoms with E-state index in [4.69, 9.17) is 0 Å². The van der Waals surface area contributed by atoms with Crippen LogP contribution >= 0.6 is 11.3 Å². The Balaban J connectivity index is 1.97. The first-order chi connectivity index (χ1) is 11.3. The summed E-state index contributed by atoms with van der Waals surface area (Å²) in [4.78, 5) is 17.5. The Morgan fingerprint density at radius 1 is 1.04 bits per heavy atom. The number of fused-ring (bicyclic) bond motifs is 1. The summed E-state index contributed by atoms with van der Waals surface area (Å²) in [6.45, 7) is 8.33. The van der Waals surface area contributed by atoms with Gasteiger partial charge in [-0.05, 0) is 61.6 Å². The summed E-state index contributed by atoms with van der Waals surface area (Å²) in [7, 11) is 1.98. The third-order valence-electron chi connectivity index (χ3n) is 4.38. The molecule has 2 aromatic carbocycles. The molecule has 4 heteroatoms. The van der Waals surface area contributed by atoms with Crippen LogP contribution in [-0.2, 0) is 18.3 Å². The van der Waals surface area contributed by atoms with E-state index in [-0.39, 0.29) is 5.91 Å². The van der Waals surface area contributed by atoms with Crippen molar-refractivity contribution in [1.29, 1.82) is 0 Å². The highest BCUT2D eigenvalue weighted by atomic mass is 32.1. The topological polar surface area (TPSA) is 34.4 Å². The summed E-state index contributed by atoms with van der Waals surface area (Å²) in [6.07, 6.45) is 0.341. The Labute approximate surface area is 146 Å². The minimum absolute atomic E-state index is 0.102. The Hall–Kier alpha value is -2.20. The van der Waals surface area contributed by atoms with Crippen LogP contribution in [0.2, 0.25) is 0 Å². The van der Waals surface area contributed by atoms with Crippen molar-refractivity contribution in [2.45, 2.75) is 34.1 Å². The number of aromatic nitrogens is 1. The average molecular weight is 338 g/mol. The van der Waals surface area contributed by atoms with Crippen LogP contribution in [0.25, 0.3) is 10.2 Å². The average Bonchev–Trinajstić information content (AvgIpc) is 2.79. The molecule has 0 unspecified atom stereocenters. The molecule has 0 saturated carbocycles. The van der Waals surface area contributed by atoms with E-state index >= 15 is 0 Å². The van der Waals surface area contributed by atoms with Crippen LogP contribution in [0.1, 0.15) is 27.8 Å². The van der Waals surface area contributed by atoms with Gasteiger partial charge in [-0.3, -0.25) is 4.79 Å². The zero-order valence-electron chi connectivity index (χ0n) is 14.8. The van der Waals surface area contributed by atoms with Gasteiger partial charge in [0.15, 0.2) is 4.80 Å². The molecule has 0 saturated heterocycles. The van der Waals surface area contributed by atoms with Crippen molar-refractivity contribution >= 4 is 27.5 Å². The summed E-state index contributed by atoms with van der Waals surface area (Å²) < 4.78 is 3.19. The van der Waals surface area contributed by atoms with Crippen LogP contribution in [-0.4, -0.2) is 10.5 Å². The Morgan fingerprint density at radius 3 is 2.50 bits per heavy atom. The van der Waals surface area contributed by atoms with E-state index in [1.807, 2.05) is 17.7 Å². The number of nitrogens with zero attached hydrogens (tertiary/aromatic N) is 2. The normalized spacial score (nSPS) is 12.1. The summed E-state index contributed by atoms with van der Waals surface area (Å²) in [5.41, 5.74) is 7.07. The maximum atomic E-state index is 12.4. The third-order valence-corrected chi connectivity index (χ3v) is 5.46. The Morgan fingerprint density at radius 2 is 1.79 bits per heavy atom. The molecule has 0 fully saturated rings. The van der Waals surface area contributed by atoms with Crippen LogP contribution < -0.4 is 4.80 Å². The number of rotatable bonds is 2. The molecule has 0 radical (unpaired) electrons. The van der Waals surface area contributed by atoms with Crippen LogP contribution in [0.5, 0.6) is 0 Å². The van der Waals surface area contributed by atoms with Crippen molar-refractivity contribution < 1.29 is 4.79 Å². The second kappa shape index (κ2) is 6.36. The van der Waals surface area contributed by atoms with Gasteiger partial charge < -0.3 is 4.57 Å². The highest BCUT2D eigenvalue weighted by Crippen LogP contribution is 2.22. The van der Waals surface area contributed by atoms with Crippen molar-refractivity contribution in [2.24, 2.45) is 12.0 Å². The zero-order valence-corrected chi connectivity index (χ0v) is 15.6. The SMILES string of the molecule is Cc1cc(C)c2c(c1)sc(=NC(=O)Cc1ccc(C)c(C)c1)n2C. The molecule has 1 amide bonds. The van der Waals surface area contributed by atoms with Gasteiger partial charge in [0, 0.05) is 7.05 Å². The number of hydrogen-bond donors (Lipinski definition) is 0. The molecule has 0 N–H and O–H groups in total. The highest BCUT2D eigenvalue weighted by molar-refractivity contribution is 7.16. The Bertz CT molecular complexity index is 1010. The minimum Gasteiger partial charge on any atom is -0.319 e. The van der Waals surface area contributed by atoms with E-state index in [1.54, 1.807) is 11.3 Å². The summed E-state index contributed by atoms with van der Waals surface area (Å²) in [5, 5.41) is 0. The molecule has 3 aromatic rings. The Kier molecular flexibility index (Phi) is 4.41. The molecule has 1 heterocycles. The van der Waals surface area contributed by atoms with Gasteiger partial charge in [0.1, 0.15) is 0 Å². The minimum atomic E-state index is -0.102. The van der Waals surface area contributed by atoms with Gasteiger partial charge >= 0.3 is 0 Å². The van der Waals surface area contributed by atoms with Gasteiger partial charge in [0.25, 0.3) is 5.91 Å². The summed E-state index contributed by atoms with van der Waals surface area (Å²) in [6, 6.07) is 10.5. The number of hydrogen-bond acceptors (Lipinski definition) is 2. The van der Waals surface area contributed by atoms with E-state index in [0.29, 0.717) is 6.42 Å². The molecule has 0 bridgehead atoms. The lowest BCUT2D eigenvalue weighted by molar-refractivity contribution is -0.117. The molecule has 0 atom stereocenters. The molecular formula is C20H22N2OS. The lowest BCUT2D eigenvalue weighted by Gasteiger charge is -2.03. The molecular weight excluding hydrogens is 316 g/mol. The first-order valence-electron chi connectivity index (χ1n) is 8.05. The number of benzene rings is 2. The maximum Gasteiger partial charge on any atom is 0.252 e. The number of aryl methyl sites for hydroxylation is 5. The van der Waals surface area contributed by atoms with Crippen LogP contribution in [0, 0.1) is 27.7 Å². The fourth-order valence-electron chi connectivity index (χ4n) is 3.02. The standard InChI is InChI=1S/C20H22N2OS/c1-12-8-15(4)19-17(9-12)24-20(22(19)5)21-18(23)11-16-7-6-13(2)14(3)10-16/h6-10H,11H2,1-5H3. The lowest BCUT2D eigenvalue weighted by atomic mass is 10.0. The molecule has 0 aliphatic carbocycles. The third kappa shape index (κ3) is 3.20. The van der Waals surface area contributed by atoms with E-state index in [9.17, 15) is 4.79 Å². The molecule has 3 nitrogen and oxygen atoms in total. The monoisotopic (exact) mass is 338 g/mol. The van der Waals surface area contributed by atoms with Crippen molar-refractivity contribution in [1.82, 2.24) is 4.57 Å². The van der Waals surface area contributed by atoms with Crippen LogP contribution in [0.15, 0.2) is 35.3 Å². The van der Waals surface area contributed by atoms with Gasteiger partial charge in [0.05, 0.1) is 16.6 Å². The van der Waals surface area contributed by atoms with Gasteiger partial charge in [-0.15, -0.1) is 0 Å². The first-order valence-corrected chi connectivity index (χ1v) is 8.87. The fourth-order valence-corrected chi connectivity index (χ4v) is 4.23. The van der Waals surface area contributed by atoms with Gasteiger partial charge in [-0.2, -0.15) is 4.99 Å². The van der Waals surface area contributed by atoms with Gasteiger partial charge in [-0.25, -0.2) is 0 Å². The number of carbonyl (C=O) groups excluding carboxylic acids is 1. The summed E-state index contributed by atoms with van der Waals surface area (Å²) in [5.74, 6) is -0.102. The molecule has 1 aromatic heterocycles. The second-order valence-corrected chi connectivity index (χ2v) is 7.48. The zero-order chi connectivity index (χ0) is 17.4. The first kappa shape index (κ1) is 16.7. The van der Waals surface area contributed by atoms with Crippen LogP contribution in [0.3, 0.4) is 0 Å². The molecule has 0 aliphatic rings.